The van der Waals surface area contributed by atoms with Crippen molar-refractivity contribution in [2.45, 2.75) is 77.6 Å². The van der Waals surface area contributed by atoms with Gasteiger partial charge in [0.2, 0.25) is 0 Å². The normalized spacial score (nSPS) is 17.5. The predicted molar refractivity (Wildman–Crippen MR) is 176 cm³/mol. The van der Waals surface area contributed by atoms with E-state index in [9.17, 15) is 0 Å². The lowest BCUT2D eigenvalue weighted by atomic mass is 9.36. The van der Waals surface area contributed by atoms with Crippen LogP contribution in [0.15, 0.2) is 71.1 Å². The molecule has 1 aliphatic carbocycles. The first-order chi connectivity index (χ1) is 20.8. The van der Waals surface area contributed by atoms with Crippen LogP contribution in [0, 0.1) is 11.6 Å². The van der Waals surface area contributed by atoms with E-state index in [2.05, 4.69) is 72.7 Å². The van der Waals surface area contributed by atoms with Gasteiger partial charge in [0.05, 0.1) is 11.3 Å². The van der Waals surface area contributed by atoms with Crippen LogP contribution in [0.4, 0.5) is 25.8 Å². The Hall–Kier alpha value is -4.06. The van der Waals surface area contributed by atoms with Crippen molar-refractivity contribution in [3.63, 3.8) is 0 Å². The van der Waals surface area contributed by atoms with Gasteiger partial charge in [0.15, 0.2) is 0 Å². The van der Waals surface area contributed by atoms with Crippen LogP contribution >= 0.6 is 0 Å². The first-order valence-electron chi connectivity index (χ1n) is 15.6. The second kappa shape index (κ2) is 8.77. The van der Waals surface area contributed by atoms with E-state index in [0.29, 0.717) is 28.4 Å². The molecule has 3 aliphatic rings. The van der Waals surface area contributed by atoms with Gasteiger partial charge in [0.1, 0.15) is 34.4 Å². The summed E-state index contributed by atoms with van der Waals surface area (Å²) in [7, 11) is 0. The van der Waals surface area contributed by atoms with E-state index in [4.69, 9.17) is 9.15 Å². The van der Waals surface area contributed by atoms with Gasteiger partial charge in [0, 0.05) is 16.5 Å². The maximum absolute atomic E-state index is 15.7. The fourth-order valence-corrected chi connectivity index (χ4v) is 7.63. The molecule has 0 amide bonds. The molecule has 0 spiro atoms. The van der Waals surface area contributed by atoms with E-state index in [1.165, 1.54) is 29.3 Å². The summed E-state index contributed by atoms with van der Waals surface area (Å²) in [6.45, 7) is 15.5. The molecule has 0 radical (unpaired) electrons. The number of hydrogen-bond donors (Lipinski definition) is 0. The molecular formula is C38H36BF2NO2. The van der Waals surface area contributed by atoms with Crippen molar-refractivity contribution in [1.82, 2.24) is 0 Å². The van der Waals surface area contributed by atoms with Gasteiger partial charge in [-0.25, -0.2) is 8.78 Å². The topological polar surface area (TPSA) is 25.6 Å². The highest BCUT2D eigenvalue weighted by Crippen LogP contribution is 2.50. The van der Waals surface area contributed by atoms with Crippen LogP contribution in [0.5, 0.6) is 11.5 Å². The summed E-state index contributed by atoms with van der Waals surface area (Å²) in [4.78, 5) is 1.72. The Kier molecular flexibility index (Phi) is 5.48. The molecular weight excluding hydrogens is 551 g/mol. The Morgan fingerprint density at radius 1 is 0.773 bits per heavy atom. The largest absolute Gasteiger partial charge is 0.468 e. The van der Waals surface area contributed by atoms with E-state index in [1.807, 2.05) is 24.3 Å². The number of fused-ring (bicyclic) bond motifs is 7. The Morgan fingerprint density at radius 3 is 2.11 bits per heavy atom. The summed E-state index contributed by atoms with van der Waals surface area (Å²) in [5.74, 6) is 0.222. The molecule has 3 heterocycles. The second-order valence-corrected chi connectivity index (χ2v) is 15.1. The number of para-hydroxylation sites is 1. The molecule has 222 valence electrons. The molecule has 2 aliphatic heterocycles. The molecule has 6 heteroatoms. The standard InChI is InChI=1S/C38H36BF2NO2/c1-36(2,3)21-14-15-29-22(18-21)33-35(44-29)39-25-19-23-24(38(6,7)17-16-37(23,4)5)20-31(25)43-30-13-9-12-28(32(30)39)42(33)34-26(40)10-8-11-27(34)41/h8-15,18-20H,16-17H2,1-7H3. The average Bonchev–Trinajstić information content (AvgIpc) is 3.34. The molecule has 5 aromatic rings. The van der Waals surface area contributed by atoms with Crippen molar-refractivity contribution in [1.29, 1.82) is 0 Å². The zero-order valence-corrected chi connectivity index (χ0v) is 26.4. The lowest BCUT2D eigenvalue weighted by molar-refractivity contribution is 0.330. The zero-order valence-electron chi connectivity index (χ0n) is 26.4. The predicted octanol–water partition coefficient (Wildman–Crippen LogP) is 8.76. The van der Waals surface area contributed by atoms with Crippen LogP contribution in [0.1, 0.15) is 78.0 Å². The van der Waals surface area contributed by atoms with Crippen molar-refractivity contribution in [3.05, 3.63) is 95.1 Å². The third-order valence-corrected chi connectivity index (χ3v) is 10.3. The van der Waals surface area contributed by atoms with Gasteiger partial charge < -0.3 is 14.1 Å². The van der Waals surface area contributed by atoms with Crippen LogP contribution < -0.4 is 26.2 Å². The molecule has 4 aromatic carbocycles. The summed E-state index contributed by atoms with van der Waals surface area (Å²) >= 11 is 0. The number of nitrogens with zero attached hydrogens (tertiary/aromatic N) is 1. The molecule has 44 heavy (non-hydrogen) atoms. The number of halogens is 2. The van der Waals surface area contributed by atoms with E-state index >= 15 is 8.78 Å². The second-order valence-electron chi connectivity index (χ2n) is 15.1. The minimum Gasteiger partial charge on any atom is -0.468 e. The number of ether oxygens (including phenoxy) is 1. The lowest BCUT2D eigenvalue weighted by Gasteiger charge is -2.44. The number of benzene rings is 4. The lowest BCUT2D eigenvalue weighted by Crippen LogP contribution is -2.59. The minimum absolute atomic E-state index is 0.00497. The first-order valence-corrected chi connectivity index (χ1v) is 15.6. The van der Waals surface area contributed by atoms with Crippen LogP contribution in [0.25, 0.3) is 11.0 Å². The number of anilines is 3. The Morgan fingerprint density at radius 2 is 1.43 bits per heavy atom. The smallest absolute Gasteiger partial charge is 0.301 e. The van der Waals surface area contributed by atoms with Gasteiger partial charge in [-0.05, 0) is 93.7 Å². The molecule has 0 bridgehead atoms. The van der Waals surface area contributed by atoms with Crippen LogP contribution in [-0.4, -0.2) is 6.71 Å². The monoisotopic (exact) mass is 587 g/mol. The molecule has 8 rings (SSSR count). The number of rotatable bonds is 1. The SMILES string of the molecule is CC(C)(C)c1ccc2oc3c(c2c1)N(c1c(F)cccc1F)c1cccc2c1B3c1cc3c(cc1O2)C(C)(C)CCC3(C)C. The molecule has 1 aromatic heterocycles. The fraction of sp³-hybridized carbons (Fsp3) is 0.316. The Labute approximate surface area is 257 Å². The highest BCUT2D eigenvalue weighted by Gasteiger charge is 2.48. The van der Waals surface area contributed by atoms with Gasteiger partial charge in [-0.1, -0.05) is 72.7 Å². The van der Waals surface area contributed by atoms with Gasteiger partial charge in [-0.2, -0.15) is 0 Å². The average molecular weight is 588 g/mol. The maximum Gasteiger partial charge on any atom is 0.301 e. The molecule has 0 atom stereocenters. The highest BCUT2D eigenvalue weighted by atomic mass is 19.1. The zero-order chi connectivity index (χ0) is 30.9. The van der Waals surface area contributed by atoms with E-state index < -0.39 is 11.6 Å². The van der Waals surface area contributed by atoms with Crippen molar-refractivity contribution < 1.29 is 17.9 Å². The van der Waals surface area contributed by atoms with E-state index in [1.54, 1.807) is 4.90 Å². The first kappa shape index (κ1) is 27.5. The van der Waals surface area contributed by atoms with E-state index in [-0.39, 0.29) is 28.6 Å². The quantitative estimate of drug-likeness (QED) is 0.180. The van der Waals surface area contributed by atoms with Gasteiger partial charge in [0.25, 0.3) is 0 Å². The Bertz CT molecular complexity index is 2010. The summed E-state index contributed by atoms with van der Waals surface area (Å²) in [6, 6.07) is 20.6. The fourth-order valence-electron chi connectivity index (χ4n) is 7.63. The van der Waals surface area contributed by atoms with Crippen molar-refractivity contribution in [2.75, 3.05) is 4.90 Å². The molecule has 3 nitrogen and oxygen atoms in total. The molecule has 0 fully saturated rings. The highest BCUT2D eigenvalue weighted by molar-refractivity contribution is 6.98. The summed E-state index contributed by atoms with van der Waals surface area (Å²) in [6.07, 6.45) is 2.19. The Balaban J connectivity index is 1.48. The third-order valence-electron chi connectivity index (χ3n) is 10.3. The minimum atomic E-state index is -0.636. The third kappa shape index (κ3) is 3.72. The molecule has 0 N–H and O–H groups in total. The van der Waals surface area contributed by atoms with E-state index in [0.717, 1.165) is 40.5 Å². The molecule has 0 unspecified atom stereocenters. The number of furan rings is 1. The summed E-state index contributed by atoms with van der Waals surface area (Å²) < 4.78 is 45.0. The van der Waals surface area contributed by atoms with Gasteiger partial charge >= 0.3 is 6.71 Å². The van der Waals surface area contributed by atoms with Crippen LogP contribution in [0.3, 0.4) is 0 Å². The van der Waals surface area contributed by atoms with Crippen LogP contribution in [0.2, 0.25) is 0 Å². The number of hydrogen-bond acceptors (Lipinski definition) is 3. The summed E-state index contributed by atoms with van der Waals surface area (Å²) in [5, 5.41) is 0.832. The van der Waals surface area contributed by atoms with Crippen LogP contribution in [-0.2, 0) is 16.2 Å². The maximum atomic E-state index is 15.7. The van der Waals surface area contributed by atoms with Gasteiger partial charge in [-0.3, -0.25) is 0 Å². The van der Waals surface area contributed by atoms with Gasteiger partial charge in [-0.15, -0.1) is 0 Å². The van der Waals surface area contributed by atoms with Crippen molar-refractivity contribution in [2.24, 2.45) is 0 Å². The molecule has 0 saturated carbocycles. The van der Waals surface area contributed by atoms with Crippen molar-refractivity contribution >= 4 is 51.3 Å². The summed E-state index contributed by atoms with van der Waals surface area (Å²) in [5.41, 5.74) is 8.14. The van der Waals surface area contributed by atoms with Crippen molar-refractivity contribution in [3.8, 4) is 11.5 Å². The molecule has 0 saturated heterocycles.